The summed E-state index contributed by atoms with van der Waals surface area (Å²) in [5.74, 6) is 2.09. The molecule has 2 aliphatic rings. The lowest BCUT2D eigenvalue weighted by atomic mass is 9.96. The van der Waals surface area contributed by atoms with Crippen molar-refractivity contribution < 1.29 is 24.2 Å². The van der Waals surface area contributed by atoms with Crippen LogP contribution in [0.4, 0.5) is 0 Å². The van der Waals surface area contributed by atoms with Crippen LogP contribution in [0, 0.1) is 5.92 Å². The Balaban J connectivity index is 1.30. The van der Waals surface area contributed by atoms with E-state index in [0.29, 0.717) is 62.0 Å². The van der Waals surface area contributed by atoms with Gasteiger partial charge in [0.15, 0.2) is 17.3 Å². The minimum atomic E-state index is -0.859. The highest BCUT2D eigenvalue weighted by atomic mass is 16.6. The van der Waals surface area contributed by atoms with Gasteiger partial charge in [0.05, 0.1) is 6.04 Å². The summed E-state index contributed by atoms with van der Waals surface area (Å²) in [4.78, 5) is 27.5. The van der Waals surface area contributed by atoms with Crippen molar-refractivity contribution in [3.05, 3.63) is 59.7 Å². The van der Waals surface area contributed by atoms with Crippen molar-refractivity contribution in [2.75, 3.05) is 32.8 Å². The summed E-state index contributed by atoms with van der Waals surface area (Å²) in [7, 11) is 0. The summed E-state index contributed by atoms with van der Waals surface area (Å²) in [6, 6.07) is 14.4. The molecule has 0 radical (unpaired) electrons. The monoisotopic (exact) mass is 508 g/mol. The number of aliphatic hydroxyl groups is 1. The number of ether oxygens (including phenoxy) is 2. The number of nitrogens with one attached hydrogen (secondary N) is 1. The number of hydrogen-bond acceptors (Lipinski definition) is 6. The van der Waals surface area contributed by atoms with E-state index in [0.717, 1.165) is 44.3 Å². The number of likely N-dealkylation sites (tertiary alicyclic amines) is 1. The molecule has 0 unspecified atom stereocenters. The quantitative estimate of drug-likeness (QED) is 0.323. The summed E-state index contributed by atoms with van der Waals surface area (Å²) >= 11 is 0. The van der Waals surface area contributed by atoms with Crippen LogP contribution < -0.4 is 14.8 Å². The highest BCUT2D eigenvalue weighted by Gasteiger charge is 2.28. The molecule has 0 spiro atoms. The van der Waals surface area contributed by atoms with E-state index in [1.54, 1.807) is 0 Å². The zero-order valence-corrected chi connectivity index (χ0v) is 21.9. The van der Waals surface area contributed by atoms with Gasteiger partial charge in [0.2, 0.25) is 5.91 Å². The van der Waals surface area contributed by atoms with E-state index in [1.165, 1.54) is 0 Å². The van der Waals surface area contributed by atoms with Crippen LogP contribution in [0.1, 0.15) is 73.9 Å². The summed E-state index contributed by atoms with van der Waals surface area (Å²) in [6.07, 6.45) is 4.54. The minimum absolute atomic E-state index is 0.0682. The molecule has 2 heterocycles. The lowest BCUT2D eigenvalue weighted by Crippen LogP contribution is -2.49. The standard InChI is InChI=1S/C30H40N2O5/c1-22-14-16-32(17-15-22)21-25(30(35)24-12-13-27-28(20-24)37-19-18-36-27)31-29(34)11-7-3-6-10-26(33)23-8-4-2-5-9-23/h2,4-5,8-9,12-13,20,22,25,30,35H,3,6-7,10-11,14-19,21H2,1H3,(H,31,34)/t25-,30-/m1/s1. The van der Waals surface area contributed by atoms with Crippen LogP contribution >= 0.6 is 0 Å². The number of carbonyl (C=O) groups excluding carboxylic acids is 2. The number of amides is 1. The fourth-order valence-electron chi connectivity index (χ4n) is 5.02. The third-order valence-electron chi connectivity index (χ3n) is 7.37. The molecule has 0 aromatic heterocycles. The Hall–Kier alpha value is -2.90. The molecule has 0 aliphatic carbocycles. The molecule has 0 saturated carbocycles. The Morgan fingerprint density at radius 1 is 0.973 bits per heavy atom. The fourth-order valence-corrected chi connectivity index (χ4v) is 5.02. The van der Waals surface area contributed by atoms with E-state index in [2.05, 4.69) is 17.1 Å². The molecule has 4 rings (SSSR count). The van der Waals surface area contributed by atoms with Gasteiger partial charge in [-0.3, -0.25) is 9.59 Å². The number of aliphatic hydroxyl groups excluding tert-OH is 1. The Morgan fingerprint density at radius 2 is 1.68 bits per heavy atom. The Bertz CT molecular complexity index is 1020. The van der Waals surface area contributed by atoms with Crippen molar-refractivity contribution in [2.24, 2.45) is 5.92 Å². The number of unbranched alkanes of at least 4 members (excludes halogenated alkanes) is 2. The lowest BCUT2D eigenvalue weighted by molar-refractivity contribution is -0.123. The Kier molecular flexibility index (Phi) is 9.97. The van der Waals surface area contributed by atoms with Gasteiger partial charge in [0.1, 0.15) is 19.3 Å². The minimum Gasteiger partial charge on any atom is -0.486 e. The molecule has 2 aromatic carbocycles. The second-order valence-corrected chi connectivity index (χ2v) is 10.4. The molecule has 2 aromatic rings. The van der Waals surface area contributed by atoms with Crippen molar-refractivity contribution in [1.29, 1.82) is 0 Å². The van der Waals surface area contributed by atoms with Gasteiger partial charge < -0.3 is 24.8 Å². The summed E-state index contributed by atoms with van der Waals surface area (Å²) in [5, 5.41) is 14.4. The summed E-state index contributed by atoms with van der Waals surface area (Å²) in [6.45, 7) is 5.80. The number of piperidine rings is 1. The van der Waals surface area contributed by atoms with Gasteiger partial charge in [-0.25, -0.2) is 0 Å². The second-order valence-electron chi connectivity index (χ2n) is 10.4. The zero-order valence-electron chi connectivity index (χ0n) is 21.9. The fraction of sp³-hybridized carbons (Fsp3) is 0.533. The van der Waals surface area contributed by atoms with Gasteiger partial charge in [-0.2, -0.15) is 0 Å². The van der Waals surface area contributed by atoms with E-state index in [9.17, 15) is 14.7 Å². The first kappa shape index (κ1) is 27.1. The first-order chi connectivity index (χ1) is 18.0. The van der Waals surface area contributed by atoms with Crippen LogP contribution in [0.25, 0.3) is 0 Å². The smallest absolute Gasteiger partial charge is 0.220 e. The van der Waals surface area contributed by atoms with E-state index < -0.39 is 12.1 Å². The highest BCUT2D eigenvalue weighted by molar-refractivity contribution is 5.95. The van der Waals surface area contributed by atoms with Crippen molar-refractivity contribution >= 4 is 11.7 Å². The maximum Gasteiger partial charge on any atom is 0.220 e. The number of benzene rings is 2. The lowest BCUT2D eigenvalue weighted by Gasteiger charge is -2.35. The maximum absolute atomic E-state index is 12.9. The Morgan fingerprint density at radius 3 is 2.43 bits per heavy atom. The largest absolute Gasteiger partial charge is 0.486 e. The molecule has 2 aliphatic heterocycles. The van der Waals surface area contributed by atoms with Crippen molar-refractivity contribution in [3.8, 4) is 11.5 Å². The van der Waals surface area contributed by atoms with Gasteiger partial charge >= 0.3 is 0 Å². The Labute approximate surface area is 220 Å². The molecule has 37 heavy (non-hydrogen) atoms. The second kappa shape index (κ2) is 13.6. The number of Topliss-reactive ketones (excluding diaryl/α,β-unsaturated/α-hetero) is 1. The molecule has 1 fully saturated rings. The zero-order chi connectivity index (χ0) is 26.0. The van der Waals surface area contributed by atoms with Gasteiger partial charge in [-0.15, -0.1) is 0 Å². The van der Waals surface area contributed by atoms with E-state index in [-0.39, 0.29) is 11.7 Å². The molecule has 1 saturated heterocycles. The summed E-state index contributed by atoms with van der Waals surface area (Å²) in [5.41, 5.74) is 1.45. The van der Waals surface area contributed by atoms with Gasteiger partial charge in [0.25, 0.3) is 0 Å². The third kappa shape index (κ3) is 8.04. The van der Waals surface area contributed by atoms with Gasteiger partial charge in [-0.1, -0.05) is 49.7 Å². The molecule has 200 valence electrons. The van der Waals surface area contributed by atoms with Crippen LogP contribution in [-0.4, -0.2) is 60.6 Å². The number of fused-ring (bicyclic) bond motifs is 1. The number of hydrogen-bond donors (Lipinski definition) is 2. The number of ketones is 1. The molecule has 7 heteroatoms. The SMILES string of the molecule is CC1CCN(C[C@@H](NC(=O)CCCCCC(=O)c2ccccc2)[C@H](O)c2ccc3c(c2)OCCO3)CC1. The molecular formula is C30H40N2O5. The first-order valence-electron chi connectivity index (χ1n) is 13.7. The average molecular weight is 509 g/mol. The topological polar surface area (TPSA) is 88.1 Å². The third-order valence-corrected chi connectivity index (χ3v) is 7.37. The number of nitrogens with zero attached hydrogens (tertiary/aromatic N) is 1. The van der Waals surface area contributed by atoms with Crippen LogP contribution in [0.2, 0.25) is 0 Å². The van der Waals surface area contributed by atoms with Crippen LogP contribution in [-0.2, 0) is 4.79 Å². The van der Waals surface area contributed by atoms with Crippen LogP contribution in [0.3, 0.4) is 0 Å². The van der Waals surface area contributed by atoms with Crippen LogP contribution in [0.15, 0.2) is 48.5 Å². The number of carbonyl (C=O) groups is 2. The van der Waals surface area contributed by atoms with E-state index >= 15 is 0 Å². The van der Waals surface area contributed by atoms with Crippen LogP contribution in [0.5, 0.6) is 11.5 Å². The maximum atomic E-state index is 12.9. The molecule has 0 bridgehead atoms. The molecule has 2 N–H and O–H groups in total. The van der Waals surface area contributed by atoms with E-state index in [4.69, 9.17) is 9.47 Å². The molecular weight excluding hydrogens is 468 g/mol. The van der Waals surface area contributed by atoms with Gasteiger partial charge in [0, 0.05) is 24.9 Å². The molecule has 2 atom stereocenters. The predicted octanol–water partition coefficient (Wildman–Crippen LogP) is 4.54. The molecule has 7 nitrogen and oxygen atoms in total. The average Bonchev–Trinajstić information content (AvgIpc) is 2.93. The normalized spacial score (nSPS) is 17.7. The van der Waals surface area contributed by atoms with E-state index in [1.807, 2.05) is 48.5 Å². The van der Waals surface area contributed by atoms with Crippen molar-refractivity contribution in [2.45, 2.75) is 64.0 Å². The highest BCUT2D eigenvalue weighted by Crippen LogP contribution is 2.33. The van der Waals surface area contributed by atoms with Crippen molar-refractivity contribution in [1.82, 2.24) is 10.2 Å². The van der Waals surface area contributed by atoms with Crippen molar-refractivity contribution in [3.63, 3.8) is 0 Å². The van der Waals surface area contributed by atoms with Gasteiger partial charge in [-0.05, 0) is 62.4 Å². The first-order valence-corrected chi connectivity index (χ1v) is 13.7. The summed E-state index contributed by atoms with van der Waals surface area (Å²) < 4.78 is 11.3. The molecule has 1 amide bonds. The number of rotatable bonds is 12. The predicted molar refractivity (Wildman–Crippen MR) is 143 cm³/mol.